The molecule has 0 heterocycles. The van der Waals surface area contributed by atoms with E-state index in [4.69, 9.17) is 0 Å². The van der Waals surface area contributed by atoms with Gasteiger partial charge in [0.25, 0.3) is 0 Å². The van der Waals surface area contributed by atoms with Crippen LogP contribution in [0.25, 0.3) is 0 Å². The second-order valence-electron chi connectivity index (χ2n) is 1.30. The van der Waals surface area contributed by atoms with Gasteiger partial charge in [-0.1, -0.05) is 0 Å². The third-order valence-corrected chi connectivity index (χ3v) is 7.25. The Morgan fingerprint density at radius 3 is 1.40 bits per heavy atom. The largest absolute Gasteiger partial charge is 0.361 e. The van der Waals surface area contributed by atoms with Gasteiger partial charge in [0.1, 0.15) is 0 Å². The van der Waals surface area contributed by atoms with Gasteiger partial charge in [-0.3, -0.25) is 10.1 Å². The van der Waals surface area contributed by atoms with Crippen molar-refractivity contribution in [1.29, 1.82) is 0 Å². The number of hydrogen-bond donors (Lipinski definition) is 0. The number of rotatable bonds is 1. The first-order valence-electron chi connectivity index (χ1n) is 1.78. The molecule has 0 aliphatic rings. The molecule has 0 aliphatic heterocycles. The molecule has 0 aromatic rings. The van der Waals surface area contributed by atoms with Crippen LogP contribution in [0.3, 0.4) is 0 Å². The molecule has 0 radical (unpaired) electrons. The molecule has 0 atom stereocenters. The Bertz CT molecular complexity index is 150. The lowest BCUT2D eigenvalue weighted by molar-refractivity contribution is -0.500. The molecule has 0 aromatic heterocycles. The molecule has 0 aliphatic carbocycles. The fraction of sp³-hybridized carbons (Fsp3) is 1.00. The maximum Gasteiger partial charge on any atom is 0.361 e. The Balaban J connectivity index is 4.57. The van der Waals surface area contributed by atoms with E-state index in [-0.39, 0.29) is 0 Å². The van der Waals surface area contributed by atoms with Gasteiger partial charge in [-0.25, -0.2) is 0 Å². The van der Waals surface area contributed by atoms with Crippen molar-refractivity contribution in [3.05, 3.63) is 10.1 Å². The summed E-state index contributed by atoms with van der Waals surface area (Å²) in [5.74, 6) is 0. The number of hydrogen-bond acceptors (Lipinski definition) is 2. The van der Waals surface area contributed by atoms with E-state index in [0.29, 0.717) is 0 Å². The molecule has 0 bridgehead atoms. The van der Waals surface area contributed by atoms with E-state index in [1.807, 2.05) is 0 Å². The van der Waals surface area contributed by atoms with E-state index in [2.05, 4.69) is 79.6 Å². The molecule has 60 valence electrons. The highest BCUT2D eigenvalue weighted by molar-refractivity contribution is 9.41. The van der Waals surface area contributed by atoms with Crippen LogP contribution in [0.1, 0.15) is 0 Å². The van der Waals surface area contributed by atoms with Gasteiger partial charge in [0.15, 0.2) is 0 Å². The highest BCUT2D eigenvalue weighted by Crippen LogP contribution is 2.52. The van der Waals surface area contributed by atoms with Crippen molar-refractivity contribution in [1.82, 2.24) is 0 Å². The van der Waals surface area contributed by atoms with E-state index < -0.39 is 10.4 Å². The normalized spacial score (nSPS) is 13.3. The van der Waals surface area contributed by atoms with Gasteiger partial charge in [0, 0.05) is 31.9 Å². The Labute approximate surface area is 99.1 Å². The number of alkyl halides is 5. The lowest BCUT2D eigenvalue weighted by Crippen LogP contribution is -2.36. The van der Waals surface area contributed by atoms with Crippen LogP contribution >= 0.6 is 79.6 Å². The highest BCUT2D eigenvalue weighted by Gasteiger charge is 2.54. The minimum absolute atomic E-state index is 0.536. The fourth-order valence-corrected chi connectivity index (χ4v) is 0.538. The standard InChI is InChI=1S/C2Br5NO2/c3-1(4,5)2(6,7)8(9)10. The predicted octanol–water partition coefficient (Wildman–Crippen LogP) is 3.55. The summed E-state index contributed by atoms with van der Waals surface area (Å²) in [6.07, 6.45) is 0. The second-order valence-corrected chi connectivity index (χ2v) is 11.4. The molecule has 0 unspecified atom stereocenters. The van der Waals surface area contributed by atoms with Gasteiger partial charge in [-0.15, -0.1) is 0 Å². The van der Waals surface area contributed by atoms with E-state index in [0.717, 1.165) is 0 Å². The number of halogens is 5. The summed E-state index contributed by atoms with van der Waals surface area (Å²) in [6.45, 7) is 0. The van der Waals surface area contributed by atoms with Crippen molar-refractivity contribution < 1.29 is 4.92 Å². The summed E-state index contributed by atoms with van der Waals surface area (Å²) in [5, 5.41) is 10.3. The molecular formula is C2Br5NO2. The van der Waals surface area contributed by atoms with Crippen molar-refractivity contribution in [3.8, 4) is 0 Å². The predicted molar refractivity (Wildman–Crippen MR) is 57.1 cm³/mol. The van der Waals surface area contributed by atoms with Crippen LogP contribution in [0.5, 0.6) is 0 Å². The Morgan fingerprint density at radius 1 is 1.10 bits per heavy atom. The molecule has 0 rings (SSSR count). The fourth-order valence-electron chi connectivity index (χ4n) is 0.104. The first-order chi connectivity index (χ1) is 4.19. The summed E-state index contributed by atoms with van der Waals surface area (Å²) >= 11 is 14.7. The zero-order valence-corrected chi connectivity index (χ0v) is 12.1. The zero-order valence-electron chi connectivity index (χ0n) is 4.15. The highest BCUT2D eigenvalue weighted by atomic mass is 80.0. The molecule has 0 amide bonds. The molecule has 0 spiro atoms. The van der Waals surface area contributed by atoms with Gasteiger partial charge < -0.3 is 0 Å². The maximum absolute atomic E-state index is 10.3. The van der Waals surface area contributed by atoms with Gasteiger partial charge in [-0.2, -0.15) is 0 Å². The van der Waals surface area contributed by atoms with E-state index in [1.165, 1.54) is 0 Å². The maximum atomic E-state index is 10.3. The van der Waals surface area contributed by atoms with Crippen LogP contribution < -0.4 is 0 Å². The lowest BCUT2D eigenvalue weighted by atomic mass is 10.8. The van der Waals surface area contributed by atoms with Crippen LogP contribution in [-0.4, -0.2) is 10.4 Å². The van der Waals surface area contributed by atoms with Crippen LogP contribution in [0, 0.1) is 10.1 Å². The van der Waals surface area contributed by atoms with Crippen molar-refractivity contribution >= 4 is 79.6 Å². The van der Waals surface area contributed by atoms with Crippen molar-refractivity contribution in [2.24, 2.45) is 0 Å². The second kappa shape index (κ2) is 3.68. The summed E-state index contributed by atoms with van der Waals surface area (Å²) in [7, 11) is 0. The first kappa shape index (κ1) is 11.8. The molecular weight excluding hydrogens is 470 g/mol. The third-order valence-electron chi connectivity index (χ3n) is 0.570. The van der Waals surface area contributed by atoms with Crippen LogP contribution in [-0.2, 0) is 0 Å². The topological polar surface area (TPSA) is 43.1 Å². The minimum Gasteiger partial charge on any atom is -0.262 e. The Morgan fingerprint density at radius 2 is 1.40 bits per heavy atom. The van der Waals surface area contributed by atoms with Crippen molar-refractivity contribution in [2.75, 3.05) is 0 Å². The van der Waals surface area contributed by atoms with E-state index in [1.54, 1.807) is 0 Å². The molecule has 0 aromatic carbocycles. The summed E-state index contributed by atoms with van der Waals surface area (Å²) < 4.78 is -2.48. The van der Waals surface area contributed by atoms with Gasteiger partial charge in [0.2, 0.25) is 2.14 Å². The van der Waals surface area contributed by atoms with Gasteiger partial charge in [-0.05, 0) is 47.8 Å². The monoisotopic (exact) mass is 465 g/mol. The van der Waals surface area contributed by atoms with E-state index >= 15 is 0 Å². The van der Waals surface area contributed by atoms with Gasteiger partial charge >= 0.3 is 3.36 Å². The molecule has 0 N–H and O–H groups in total. The average Bonchev–Trinajstić information content (AvgIpc) is 1.62. The zero-order chi connectivity index (χ0) is 8.58. The summed E-state index contributed by atoms with van der Waals surface area (Å²) in [5.41, 5.74) is 0. The SMILES string of the molecule is O=[N+]([O-])C(Br)(Br)C(Br)(Br)Br. The minimum atomic E-state index is -1.47. The van der Waals surface area contributed by atoms with Crippen molar-refractivity contribution in [2.45, 2.75) is 5.50 Å². The molecule has 10 heavy (non-hydrogen) atoms. The van der Waals surface area contributed by atoms with Crippen LogP contribution in [0.4, 0.5) is 0 Å². The third kappa shape index (κ3) is 2.69. The number of nitro groups is 1. The first-order valence-corrected chi connectivity index (χ1v) is 5.75. The summed E-state index contributed by atoms with van der Waals surface area (Å²) in [6, 6.07) is 0. The Hall–Kier alpha value is 1.80. The lowest BCUT2D eigenvalue weighted by Gasteiger charge is -2.20. The van der Waals surface area contributed by atoms with E-state index in [9.17, 15) is 10.1 Å². The molecule has 0 saturated heterocycles. The summed E-state index contributed by atoms with van der Waals surface area (Å²) in [4.78, 5) is 9.75. The molecule has 0 fully saturated rings. The quantitative estimate of drug-likeness (QED) is 0.255. The van der Waals surface area contributed by atoms with Gasteiger partial charge in [0.05, 0.1) is 4.92 Å². The van der Waals surface area contributed by atoms with Crippen molar-refractivity contribution in [3.63, 3.8) is 0 Å². The molecule has 0 saturated carbocycles. The smallest absolute Gasteiger partial charge is 0.262 e. The Kier molecular flexibility index (Phi) is 4.34. The van der Waals surface area contributed by atoms with Crippen LogP contribution in [0.15, 0.2) is 0 Å². The molecule has 8 heteroatoms. The van der Waals surface area contributed by atoms with Crippen LogP contribution in [0.2, 0.25) is 0 Å². The molecule has 3 nitrogen and oxygen atoms in total. The number of nitrogens with zero attached hydrogens (tertiary/aromatic N) is 1. The average molecular weight is 470 g/mol.